The Hall–Kier alpha value is -2.75. The fraction of sp³-hybridized carbons (Fsp3) is 0.250. The van der Waals surface area contributed by atoms with Gasteiger partial charge < -0.3 is 4.90 Å². The minimum atomic E-state index is -0.124. The van der Waals surface area contributed by atoms with E-state index >= 15 is 0 Å². The lowest BCUT2D eigenvalue weighted by Gasteiger charge is -2.17. The second kappa shape index (κ2) is 6.79. The summed E-state index contributed by atoms with van der Waals surface area (Å²) < 4.78 is 0. The summed E-state index contributed by atoms with van der Waals surface area (Å²) in [5, 5.41) is 0. The summed E-state index contributed by atoms with van der Waals surface area (Å²) in [6, 6.07) is 15.9. The van der Waals surface area contributed by atoms with Crippen LogP contribution < -0.4 is 0 Å². The van der Waals surface area contributed by atoms with Crippen molar-refractivity contribution in [3.63, 3.8) is 0 Å². The van der Waals surface area contributed by atoms with E-state index in [2.05, 4.69) is 48.1 Å². The Morgan fingerprint density at radius 1 is 1.04 bits per heavy atom. The van der Waals surface area contributed by atoms with Crippen LogP contribution in [0.4, 0.5) is 0 Å². The molecule has 1 amide bonds. The largest absolute Gasteiger partial charge is 0.336 e. The SMILES string of the molecule is CC(C)c1ccc(CN(C)C(=O)c2cnc3ccccc3n2)cc1. The Kier molecular flexibility index (Phi) is 4.56. The minimum Gasteiger partial charge on any atom is -0.336 e. The molecule has 3 aromatic rings. The monoisotopic (exact) mass is 319 g/mol. The molecule has 0 saturated carbocycles. The second-order valence-electron chi connectivity index (χ2n) is 6.30. The first-order valence-electron chi connectivity index (χ1n) is 8.10. The molecule has 0 aliphatic rings. The highest BCUT2D eigenvalue weighted by Gasteiger charge is 2.14. The number of hydrogen-bond donors (Lipinski definition) is 0. The number of para-hydroxylation sites is 2. The number of amides is 1. The quantitative estimate of drug-likeness (QED) is 0.729. The molecule has 122 valence electrons. The summed E-state index contributed by atoms with van der Waals surface area (Å²) in [5.41, 5.74) is 4.30. The maximum Gasteiger partial charge on any atom is 0.274 e. The number of hydrogen-bond acceptors (Lipinski definition) is 3. The molecule has 0 saturated heterocycles. The number of fused-ring (bicyclic) bond motifs is 1. The average molecular weight is 319 g/mol. The minimum absolute atomic E-state index is 0.124. The van der Waals surface area contributed by atoms with E-state index < -0.39 is 0 Å². The number of aromatic nitrogens is 2. The summed E-state index contributed by atoms with van der Waals surface area (Å²) >= 11 is 0. The molecule has 0 aliphatic carbocycles. The molecule has 3 rings (SSSR count). The van der Waals surface area contributed by atoms with Gasteiger partial charge in [0, 0.05) is 13.6 Å². The molecule has 0 spiro atoms. The molecule has 0 aliphatic heterocycles. The second-order valence-corrected chi connectivity index (χ2v) is 6.30. The molecular formula is C20H21N3O. The number of carbonyl (C=O) groups is 1. The molecule has 4 heteroatoms. The highest BCUT2D eigenvalue weighted by molar-refractivity contribution is 5.93. The predicted octanol–water partition coefficient (Wildman–Crippen LogP) is 4.03. The molecule has 2 aromatic carbocycles. The van der Waals surface area contributed by atoms with Crippen molar-refractivity contribution in [2.24, 2.45) is 0 Å². The van der Waals surface area contributed by atoms with Crippen molar-refractivity contribution in [1.82, 2.24) is 14.9 Å². The number of carbonyl (C=O) groups excluding carboxylic acids is 1. The summed E-state index contributed by atoms with van der Waals surface area (Å²) in [7, 11) is 1.79. The van der Waals surface area contributed by atoms with Gasteiger partial charge in [0.1, 0.15) is 5.69 Å². The van der Waals surface area contributed by atoms with E-state index in [4.69, 9.17) is 0 Å². The highest BCUT2D eigenvalue weighted by atomic mass is 16.2. The molecule has 0 atom stereocenters. The van der Waals surface area contributed by atoms with Crippen LogP contribution in [0.15, 0.2) is 54.7 Å². The predicted molar refractivity (Wildman–Crippen MR) is 95.9 cm³/mol. The molecule has 1 aromatic heterocycles. The Morgan fingerprint density at radius 2 is 1.71 bits per heavy atom. The van der Waals surface area contributed by atoms with E-state index in [1.54, 1.807) is 18.1 Å². The third-order valence-electron chi connectivity index (χ3n) is 4.08. The number of rotatable bonds is 4. The smallest absolute Gasteiger partial charge is 0.274 e. The Labute approximate surface area is 142 Å². The molecular weight excluding hydrogens is 298 g/mol. The first kappa shape index (κ1) is 16.1. The van der Waals surface area contributed by atoms with Gasteiger partial charge in [-0.25, -0.2) is 4.98 Å². The average Bonchev–Trinajstić information content (AvgIpc) is 2.61. The molecule has 0 N–H and O–H groups in total. The van der Waals surface area contributed by atoms with Gasteiger partial charge in [-0.1, -0.05) is 50.2 Å². The van der Waals surface area contributed by atoms with Crippen molar-refractivity contribution in [3.05, 3.63) is 71.5 Å². The van der Waals surface area contributed by atoms with Gasteiger partial charge >= 0.3 is 0 Å². The van der Waals surface area contributed by atoms with Gasteiger partial charge in [-0.15, -0.1) is 0 Å². The molecule has 0 unspecified atom stereocenters. The van der Waals surface area contributed by atoms with Crippen LogP contribution >= 0.6 is 0 Å². The summed E-state index contributed by atoms with van der Waals surface area (Å²) in [5.74, 6) is 0.382. The van der Waals surface area contributed by atoms with Crippen LogP contribution in [0.3, 0.4) is 0 Å². The van der Waals surface area contributed by atoms with Crippen LogP contribution in [0.2, 0.25) is 0 Å². The lowest BCUT2D eigenvalue weighted by atomic mass is 10.0. The highest BCUT2D eigenvalue weighted by Crippen LogP contribution is 2.16. The Balaban J connectivity index is 1.75. The number of nitrogens with zero attached hydrogens (tertiary/aromatic N) is 3. The summed E-state index contributed by atoms with van der Waals surface area (Å²) in [6.07, 6.45) is 1.54. The van der Waals surface area contributed by atoms with Gasteiger partial charge in [-0.05, 0) is 29.2 Å². The molecule has 1 heterocycles. The van der Waals surface area contributed by atoms with Gasteiger partial charge in [0.2, 0.25) is 0 Å². The van der Waals surface area contributed by atoms with Crippen molar-refractivity contribution in [2.75, 3.05) is 7.05 Å². The van der Waals surface area contributed by atoms with Crippen LogP contribution in [-0.2, 0) is 6.54 Å². The van der Waals surface area contributed by atoms with E-state index in [0.717, 1.165) is 16.6 Å². The molecule has 0 radical (unpaired) electrons. The standard InChI is InChI=1S/C20H21N3O/c1-14(2)16-10-8-15(9-11-16)13-23(3)20(24)19-12-21-17-6-4-5-7-18(17)22-19/h4-12,14H,13H2,1-3H3. The summed E-state index contributed by atoms with van der Waals surface area (Å²) in [4.78, 5) is 23.0. The summed E-state index contributed by atoms with van der Waals surface area (Å²) in [6.45, 7) is 4.89. The van der Waals surface area contributed by atoms with Gasteiger partial charge in [0.15, 0.2) is 0 Å². The van der Waals surface area contributed by atoms with E-state index in [1.165, 1.54) is 5.56 Å². The topological polar surface area (TPSA) is 46.1 Å². The van der Waals surface area contributed by atoms with Crippen molar-refractivity contribution in [2.45, 2.75) is 26.3 Å². The zero-order valence-corrected chi connectivity index (χ0v) is 14.2. The van der Waals surface area contributed by atoms with Gasteiger partial charge in [-0.3, -0.25) is 9.78 Å². The third kappa shape index (κ3) is 3.43. The fourth-order valence-electron chi connectivity index (χ4n) is 2.61. The third-order valence-corrected chi connectivity index (χ3v) is 4.08. The molecule has 0 bridgehead atoms. The van der Waals surface area contributed by atoms with Crippen LogP contribution in [0.1, 0.15) is 41.4 Å². The van der Waals surface area contributed by atoms with Crippen molar-refractivity contribution >= 4 is 16.9 Å². The Morgan fingerprint density at radius 3 is 2.38 bits per heavy atom. The van der Waals surface area contributed by atoms with Crippen LogP contribution in [0, 0.1) is 0 Å². The first-order valence-corrected chi connectivity index (χ1v) is 8.10. The van der Waals surface area contributed by atoms with Gasteiger partial charge in [-0.2, -0.15) is 0 Å². The van der Waals surface area contributed by atoms with Crippen LogP contribution in [0.25, 0.3) is 11.0 Å². The van der Waals surface area contributed by atoms with Crippen molar-refractivity contribution in [1.29, 1.82) is 0 Å². The zero-order valence-electron chi connectivity index (χ0n) is 14.2. The maximum atomic E-state index is 12.6. The van der Waals surface area contributed by atoms with E-state index in [0.29, 0.717) is 18.2 Å². The maximum absolute atomic E-state index is 12.6. The van der Waals surface area contributed by atoms with Gasteiger partial charge in [0.05, 0.1) is 17.2 Å². The fourth-order valence-corrected chi connectivity index (χ4v) is 2.61. The van der Waals surface area contributed by atoms with Crippen LogP contribution in [0.5, 0.6) is 0 Å². The van der Waals surface area contributed by atoms with Crippen LogP contribution in [-0.4, -0.2) is 27.8 Å². The van der Waals surface area contributed by atoms with E-state index in [1.807, 2.05) is 24.3 Å². The first-order chi connectivity index (χ1) is 11.5. The van der Waals surface area contributed by atoms with E-state index in [9.17, 15) is 4.79 Å². The molecule has 24 heavy (non-hydrogen) atoms. The van der Waals surface area contributed by atoms with Crippen molar-refractivity contribution in [3.8, 4) is 0 Å². The van der Waals surface area contributed by atoms with E-state index in [-0.39, 0.29) is 5.91 Å². The van der Waals surface area contributed by atoms with Crippen molar-refractivity contribution < 1.29 is 4.79 Å². The van der Waals surface area contributed by atoms with Gasteiger partial charge in [0.25, 0.3) is 5.91 Å². The number of benzene rings is 2. The normalized spacial score (nSPS) is 11.0. The lowest BCUT2D eigenvalue weighted by molar-refractivity contribution is 0.0779. The Bertz CT molecular complexity index is 856. The lowest BCUT2D eigenvalue weighted by Crippen LogP contribution is -2.27. The molecule has 0 fully saturated rings. The molecule has 4 nitrogen and oxygen atoms in total. The zero-order chi connectivity index (χ0) is 17.1.